The van der Waals surface area contributed by atoms with Crippen LogP contribution in [0.1, 0.15) is 40.0 Å². The van der Waals surface area contributed by atoms with E-state index in [-0.39, 0.29) is 0 Å². The Morgan fingerprint density at radius 2 is 1.88 bits per heavy atom. The van der Waals surface area contributed by atoms with Gasteiger partial charge in [0.25, 0.3) is 0 Å². The second-order valence-electron chi connectivity index (χ2n) is 6.32. The molecule has 16 heavy (non-hydrogen) atoms. The third-order valence-corrected chi connectivity index (χ3v) is 3.97. The second kappa shape index (κ2) is 4.89. The smallest absolute Gasteiger partial charge is 0.0243 e. The first-order chi connectivity index (χ1) is 7.57. The molecule has 0 aromatic heterocycles. The molecule has 1 atom stereocenters. The van der Waals surface area contributed by atoms with Gasteiger partial charge in [-0.25, -0.2) is 0 Å². The quantitative estimate of drug-likeness (QED) is 0.685. The third-order valence-electron chi connectivity index (χ3n) is 3.97. The van der Waals surface area contributed by atoms with Gasteiger partial charge in [-0.3, -0.25) is 4.90 Å². The lowest BCUT2D eigenvalue weighted by Crippen LogP contribution is -2.48. The number of nitrogens with zero attached hydrogens (tertiary/aromatic N) is 1. The molecule has 1 fully saturated rings. The molecule has 2 heteroatoms. The fraction of sp³-hybridized carbons (Fsp3) is 0.857. The van der Waals surface area contributed by atoms with Crippen molar-refractivity contribution in [2.75, 3.05) is 19.6 Å². The van der Waals surface area contributed by atoms with E-state index in [1.807, 2.05) is 0 Å². The minimum Gasteiger partial charge on any atom is -0.312 e. The highest BCUT2D eigenvalue weighted by atomic mass is 15.2. The van der Waals surface area contributed by atoms with Gasteiger partial charge < -0.3 is 5.32 Å². The van der Waals surface area contributed by atoms with Gasteiger partial charge in [0.05, 0.1) is 0 Å². The van der Waals surface area contributed by atoms with E-state index in [1.54, 1.807) is 0 Å². The molecule has 0 spiro atoms. The highest BCUT2D eigenvalue weighted by molar-refractivity contribution is 5.00. The van der Waals surface area contributed by atoms with Gasteiger partial charge in [-0.05, 0) is 37.8 Å². The maximum Gasteiger partial charge on any atom is 0.0243 e. The molecule has 92 valence electrons. The molecule has 0 radical (unpaired) electrons. The highest BCUT2D eigenvalue weighted by Gasteiger charge is 2.30. The molecule has 0 saturated carbocycles. The van der Waals surface area contributed by atoms with Gasteiger partial charge in [0.15, 0.2) is 0 Å². The summed E-state index contributed by atoms with van der Waals surface area (Å²) in [6.07, 6.45) is 8.50. The Hall–Kier alpha value is -0.340. The van der Waals surface area contributed by atoms with Crippen LogP contribution in [0.5, 0.6) is 0 Å². The Kier molecular flexibility index (Phi) is 3.70. The molecule has 1 heterocycles. The van der Waals surface area contributed by atoms with Gasteiger partial charge in [-0.1, -0.05) is 32.9 Å². The van der Waals surface area contributed by atoms with Crippen molar-refractivity contribution in [2.45, 2.75) is 52.1 Å². The van der Waals surface area contributed by atoms with E-state index in [0.717, 1.165) is 6.04 Å². The van der Waals surface area contributed by atoms with Gasteiger partial charge >= 0.3 is 0 Å². The molecule has 0 bridgehead atoms. The minimum atomic E-state index is 0.370. The Balaban J connectivity index is 1.98. The third kappa shape index (κ3) is 2.86. The second-order valence-corrected chi connectivity index (χ2v) is 6.32. The lowest BCUT2D eigenvalue weighted by Gasteiger charge is -2.36. The lowest BCUT2D eigenvalue weighted by molar-refractivity contribution is 0.158. The van der Waals surface area contributed by atoms with E-state index in [2.05, 4.69) is 43.1 Å². The van der Waals surface area contributed by atoms with Crippen molar-refractivity contribution in [1.82, 2.24) is 10.2 Å². The molecule has 0 aromatic carbocycles. The Bertz CT molecular complexity index is 244. The van der Waals surface area contributed by atoms with Crippen LogP contribution < -0.4 is 5.32 Å². The highest BCUT2D eigenvalue weighted by Crippen LogP contribution is 2.25. The van der Waals surface area contributed by atoms with Crippen molar-refractivity contribution in [3.63, 3.8) is 0 Å². The van der Waals surface area contributed by atoms with E-state index in [9.17, 15) is 0 Å². The van der Waals surface area contributed by atoms with Crippen LogP contribution in [0.3, 0.4) is 0 Å². The van der Waals surface area contributed by atoms with Crippen molar-refractivity contribution < 1.29 is 0 Å². The van der Waals surface area contributed by atoms with E-state index in [1.165, 1.54) is 38.9 Å². The topological polar surface area (TPSA) is 15.3 Å². The van der Waals surface area contributed by atoms with Gasteiger partial charge in [0.1, 0.15) is 0 Å². The zero-order valence-corrected chi connectivity index (χ0v) is 11.0. The Labute approximate surface area is 100 Å². The summed E-state index contributed by atoms with van der Waals surface area (Å²) >= 11 is 0. The van der Waals surface area contributed by atoms with Crippen LogP contribution in [0.4, 0.5) is 0 Å². The van der Waals surface area contributed by atoms with Crippen molar-refractivity contribution in [1.29, 1.82) is 0 Å². The minimum absolute atomic E-state index is 0.370. The number of rotatable bonds is 1. The largest absolute Gasteiger partial charge is 0.312 e. The summed E-state index contributed by atoms with van der Waals surface area (Å²) in [7, 11) is 0. The SMILES string of the molecule is CC(C)(C)C1CN(C2CC=CC2)CCCN1. The summed E-state index contributed by atoms with van der Waals surface area (Å²) in [4.78, 5) is 2.70. The lowest BCUT2D eigenvalue weighted by atomic mass is 9.86. The Morgan fingerprint density at radius 1 is 1.19 bits per heavy atom. The summed E-state index contributed by atoms with van der Waals surface area (Å²) in [6, 6.07) is 1.42. The fourth-order valence-corrected chi connectivity index (χ4v) is 2.76. The van der Waals surface area contributed by atoms with E-state index < -0.39 is 0 Å². The predicted molar refractivity (Wildman–Crippen MR) is 69.6 cm³/mol. The van der Waals surface area contributed by atoms with Gasteiger partial charge in [-0.2, -0.15) is 0 Å². The monoisotopic (exact) mass is 222 g/mol. The Morgan fingerprint density at radius 3 is 2.50 bits per heavy atom. The van der Waals surface area contributed by atoms with Crippen LogP contribution in [0.15, 0.2) is 12.2 Å². The molecular weight excluding hydrogens is 196 g/mol. The maximum atomic E-state index is 3.71. The first-order valence-corrected chi connectivity index (χ1v) is 6.70. The van der Waals surface area contributed by atoms with Crippen LogP contribution in [0.25, 0.3) is 0 Å². The van der Waals surface area contributed by atoms with Crippen molar-refractivity contribution in [3.8, 4) is 0 Å². The molecule has 1 aliphatic heterocycles. The maximum absolute atomic E-state index is 3.71. The molecular formula is C14H26N2. The van der Waals surface area contributed by atoms with Crippen LogP contribution >= 0.6 is 0 Å². The fourth-order valence-electron chi connectivity index (χ4n) is 2.76. The zero-order chi connectivity index (χ0) is 11.6. The van der Waals surface area contributed by atoms with Crippen LogP contribution in [0, 0.1) is 5.41 Å². The van der Waals surface area contributed by atoms with Crippen LogP contribution in [0.2, 0.25) is 0 Å². The molecule has 2 nitrogen and oxygen atoms in total. The number of nitrogens with one attached hydrogen (secondary N) is 1. The first-order valence-electron chi connectivity index (χ1n) is 6.70. The van der Waals surface area contributed by atoms with Crippen molar-refractivity contribution in [3.05, 3.63) is 12.2 Å². The number of hydrogen-bond donors (Lipinski definition) is 1. The average molecular weight is 222 g/mol. The molecule has 0 aromatic rings. The summed E-state index contributed by atoms with van der Waals surface area (Å²) < 4.78 is 0. The molecule has 2 rings (SSSR count). The van der Waals surface area contributed by atoms with E-state index in [4.69, 9.17) is 0 Å². The molecule has 0 amide bonds. The van der Waals surface area contributed by atoms with Crippen molar-refractivity contribution >= 4 is 0 Å². The standard InChI is InChI=1S/C14H26N2/c1-14(2,3)13-11-16(10-6-9-15-13)12-7-4-5-8-12/h4-5,12-13,15H,6-11H2,1-3H3. The predicted octanol–water partition coefficient (Wildman–Crippen LogP) is 2.42. The average Bonchev–Trinajstić information content (AvgIpc) is 2.60. The summed E-state index contributed by atoms with van der Waals surface area (Å²) in [5, 5.41) is 3.71. The zero-order valence-electron chi connectivity index (χ0n) is 11.0. The summed E-state index contributed by atoms with van der Waals surface area (Å²) in [5.74, 6) is 0. The van der Waals surface area contributed by atoms with Gasteiger partial charge in [0.2, 0.25) is 0 Å². The van der Waals surface area contributed by atoms with Gasteiger partial charge in [0, 0.05) is 18.6 Å². The first kappa shape index (κ1) is 12.1. The number of hydrogen-bond acceptors (Lipinski definition) is 2. The van der Waals surface area contributed by atoms with E-state index >= 15 is 0 Å². The summed E-state index contributed by atoms with van der Waals surface area (Å²) in [5.41, 5.74) is 0.370. The van der Waals surface area contributed by atoms with Crippen LogP contribution in [-0.4, -0.2) is 36.6 Å². The van der Waals surface area contributed by atoms with E-state index in [0.29, 0.717) is 11.5 Å². The summed E-state index contributed by atoms with van der Waals surface area (Å²) in [6.45, 7) is 10.7. The normalized spacial score (nSPS) is 29.6. The molecule has 1 unspecified atom stereocenters. The van der Waals surface area contributed by atoms with Crippen molar-refractivity contribution in [2.24, 2.45) is 5.41 Å². The molecule has 1 saturated heterocycles. The molecule has 2 aliphatic rings. The van der Waals surface area contributed by atoms with Gasteiger partial charge in [-0.15, -0.1) is 0 Å². The van der Waals surface area contributed by atoms with Crippen LogP contribution in [-0.2, 0) is 0 Å². The molecule has 1 N–H and O–H groups in total. The molecule has 1 aliphatic carbocycles.